The van der Waals surface area contributed by atoms with Crippen LogP contribution in [0.25, 0.3) is 11.3 Å². The second kappa shape index (κ2) is 6.77. The van der Waals surface area contributed by atoms with Crippen LogP contribution in [0.5, 0.6) is 0 Å². The fourth-order valence-corrected chi connectivity index (χ4v) is 3.16. The van der Waals surface area contributed by atoms with Crippen LogP contribution in [0.15, 0.2) is 39.2 Å². The second-order valence-corrected chi connectivity index (χ2v) is 6.41. The lowest BCUT2D eigenvalue weighted by Crippen LogP contribution is -2.25. The summed E-state index contributed by atoms with van der Waals surface area (Å²) in [5.41, 5.74) is 2.35. The van der Waals surface area contributed by atoms with E-state index in [9.17, 15) is 0 Å². The highest BCUT2D eigenvalue weighted by Crippen LogP contribution is 2.27. The molecule has 1 aliphatic rings. The molecule has 3 rings (SSSR count). The first-order valence-corrected chi connectivity index (χ1v) is 8.19. The van der Waals surface area contributed by atoms with Gasteiger partial charge in [0, 0.05) is 23.2 Å². The molecule has 1 fully saturated rings. The SMILES string of the molecule is Cc1cc(Br)ccc1-c1ccc(CNC[C@H]2CCCO2)o1. The van der Waals surface area contributed by atoms with E-state index < -0.39 is 0 Å². The van der Waals surface area contributed by atoms with Crippen molar-refractivity contribution in [3.05, 3.63) is 46.1 Å². The van der Waals surface area contributed by atoms with Crippen LogP contribution in [0.4, 0.5) is 0 Å². The number of aryl methyl sites for hydroxylation is 1. The quantitative estimate of drug-likeness (QED) is 0.874. The summed E-state index contributed by atoms with van der Waals surface area (Å²) in [7, 11) is 0. The molecule has 0 unspecified atom stereocenters. The molecule has 112 valence electrons. The van der Waals surface area contributed by atoms with Gasteiger partial charge >= 0.3 is 0 Å². The van der Waals surface area contributed by atoms with Gasteiger partial charge in [0.1, 0.15) is 11.5 Å². The lowest BCUT2D eigenvalue weighted by Gasteiger charge is -2.09. The number of hydrogen-bond acceptors (Lipinski definition) is 3. The maximum Gasteiger partial charge on any atom is 0.134 e. The van der Waals surface area contributed by atoms with Crippen LogP contribution in [0, 0.1) is 6.92 Å². The molecular weight excluding hydrogens is 330 g/mol. The van der Waals surface area contributed by atoms with Gasteiger partial charge in [-0.2, -0.15) is 0 Å². The molecule has 21 heavy (non-hydrogen) atoms. The molecule has 3 nitrogen and oxygen atoms in total. The van der Waals surface area contributed by atoms with Crippen molar-refractivity contribution in [3.8, 4) is 11.3 Å². The van der Waals surface area contributed by atoms with Crippen LogP contribution >= 0.6 is 15.9 Å². The molecule has 0 aliphatic carbocycles. The first-order chi connectivity index (χ1) is 10.2. The largest absolute Gasteiger partial charge is 0.460 e. The summed E-state index contributed by atoms with van der Waals surface area (Å²) in [6, 6.07) is 10.3. The highest BCUT2D eigenvalue weighted by molar-refractivity contribution is 9.10. The average Bonchev–Trinajstić information content (AvgIpc) is 3.10. The summed E-state index contributed by atoms with van der Waals surface area (Å²) in [6.07, 6.45) is 2.71. The standard InChI is InChI=1S/C17H20BrNO2/c1-12-9-13(18)4-6-16(12)17-7-5-15(21-17)11-19-10-14-3-2-8-20-14/h4-7,9,14,19H,2-3,8,10-11H2,1H3/t14-/m1/s1. The molecule has 0 spiro atoms. The predicted molar refractivity (Wildman–Crippen MR) is 87.3 cm³/mol. The topological polar surface area (TPSA) is 34.4 Å². The number of ether oxygens (including phenoxy) is 1. The lowest BCUT2D eigenvalue weighted by molar-refractivity contribution is 0.109. The van der Waals surface area contributed by atoms with Gasteiger partial charge in [-0.1, -0.05) is 15.9 Å². The zero-order valence-electron chi connectivity index (χ0n) is 12.2. The Balaban J connectivity index is 1.60. The molecule has 1 N–H and O–H groups in total. The van der Waals surface area contributed by atoms with Gasteiger partial charge in [-0.3, -0.25) is 0 Å². The summed E-state index contributed by atoms with van der Waals surface area (Å²) < 4.78 is 12.6. The fourth-order valence-electron chi connectivity index (χ4n) is 2.68. The van der Waals surface area contributed by atoms with Gasteiger partial charge in [0.15, 0.2) is 0 Å². The van der Waals surface area contributed by atoms with Crippen molar-refractivity contribution in [1.82, 2.24) is 5.32 Å². The van der Waals surface area contributed by atoms with Crippen molar-refractivity contribution in [2.45, 2.75) is 32.4 Å². The molecule has 1 atom stereocenters. The van der Waals surface area contributed by atoms with E-state index in [-0.39, 0.29) is 0 Å². The van der Waals surface area contributed by atoms with Crippen molar-refractivity contribution in [2.24, 2.45) is 0 Å². The monoisotopic (exact) mass is 349 g/mol. The predicted octanol–water partition coefficient (Wildman–Crippen LogP) is 4.29. The van der Waals surface area contributed by atoms with E-state index in [1.54, 1.807) is 0 Å². The van der Waals surface area contributed by atoms with Gasteiger partial charge in [0.25, 0.3) is 0 Å². The third kappa shape index (κ3) is 3.76. The smallest absolute Gasteiger partial charge is 0.134 e. The highest BCUT2D eigenvalue weighted by atomic mass is 79.9. The van der Waals surface area contributed by atoms with Crippen molar-refractivity contribution in [2.75, 3.05) is 13.2 Å². The fraction of sp³-hybridized carbons (Fsp3) is 0.412. The molecule has 0 radical (unpaired) electrons. The minimum absolute atomic E-state index is 0.369. The lowest BCUT2D eigenvalue weighted by atomic mass is 10.1. The molecular formula is C17H20BrNO2. The van der Waals surface area contributed by atoms with Crippen LogP contribution in [-0.4, -0.2) is 19.3 Å². The van der Waals surface area contributed by atoms with E-state index in [0.29, 0.717) is 6.10 Å². The molecule has 0 amide bonds. The number of hydrogen-bond donors (Lipinski definition) is 1. The Hall–Kier alpha value is -1.10. The molecule has 1 saturated heterocycles. The number of furan rings is 1. The summed E-state index contributed by atoms with van der Waals surface area (Å²) >= 11 is 3.49. The van der Waals surface area contributed by atoms with Gasteiger partial charge in [-0.15, -0.1) is 0 Å². The second-order valence-electron chi connectivity index (χ2n) is 5.49. The molecule has 0 bridgehead atoms. The Morgan fingerprint density at radius 1 is 1.29 bits per heavy atom. The maximum atomic E-state index is 5.94. The molecule has 2 aromatic rings. The first-order valence-electron chi connectivity index (χ1n) is 7.40. The van der Waals surface area contributed by atoms with Crippen molar-refractivity contribution in [1.29, 1.82) is 0 Å². The average molecular weight is 350 g/mol. The van der Waals surface area contributed by atoms with Crippen molar-refractivity contribution < 1.29 is 9.15 Å². The minimum atomic E-state index is 0.369. The van der Waals surface area contributed by atoms with E-state index in [2.05, 4.69) is 40.3 Å². The van der Waals surface area contributed by atoms with Gasteiger partial charge in [0.2, 0.25) is 0 Å². The van der Waals surface area contributed by atoms with Crippen LogP contribution in [0.2, 0.25) is 0 Å². The summed E-state index contributed by atoms with van der Waals surface area (Å²) in [6.45, 7) is 4.64. The van der Waals surface area contributed by atoms with Gasteiger partial charge in [-0.25, -0.2) is 0 Å². The number of halogens is 1. The van der Waals surface area contributed by atoms with Crippen LogP contribution in [0.3, 0.4) is 0 Å². The normalized spacial score (nSPS) is 18.3. The van der Waals surface area contributed by atoms with E-state index in [0.717, 1.165) is 47.7 Å². The first kappa shape index (κ1) is 14.8. The van der Waals surface area contributed by atoms with E-state index in [1.807, 2.05) is 18.2 Å². The summed E-state index contributed by atoms with van der Waals surface area (Å²) in [5, 5.41) is 3.41. The number of nitrogens with one attached hydrogen (secondary N) is 1. The molecule has 1 aromatic carbocycles. The molecule has 0 saturated carbocycles. The van der Waals surface area contributed by atoms with Crippen LogP contribution in [0.1, 0.15) is 24.2 Å². The Labute approximate surface area is 133 Å². The van der Waals surface area contributed by atoms with Gasteiger partial charge < -0.3 is 14.5 Å². The third-order valence-electron chi connectivity index (χ3n) is 3.81. The van der Waals surface area contributed by atoms with E-state index in [4.69, 9.17) is 9.15 Å². The molecule has 1 aliphatic heterocycles. The Bertz CT molecular complexity index is 603. The van der Waals surface area contributed by atoms with Crippen molar-refractivity contribution >= 4 is 15.9 Å². The van der Waals surface area contributed by atoms with Gasteiger partial charge in [-0.05, 0) is 55.7 Å². The zero-order chi connectivity index (χ0) is 14.7. The molecule has 4 heteroatoms. The highest BCUT2D eigenvalue weighted by Gasteiger charge is 2.15. The van der Waals surface area contributed by atoms with E-state index in [1.165, 1.54) is 12.0 Å². The van der Waals surface area contributed by atoms with Gasteiger partial charge in [0.05, 0.1) is 12.6 Å². The minimum Gasteiger partial charge on any atom is -0.460 e. The summed E-state index contributed by atoms with van der Waals surface area (Å²) in [5.74, 6) is 1.89. The maximum absolute atomic E-state index is 5.94. The Morgan fingerprint density at radius 2 is 2.19 bits per heavy atom. The zero-order valence-corrected chi connectivity index (χ0v) is 13.8. The number of benzene rings is 1. The number of rotatable bonds is 5. The Morgan fingerprint density at radius 3 is 2.95 bits per heavy atom. The van der Waals surface area contributed by atoms with Crippen molar-refractivity contribution in [3.63, 3.8) is 0 Å². The van der Waals surface area contributed by atoms with Crippen LogP contribution in [-0.2, 0) is 11.3 Å². The Kier molecular flexibility index (Phi) is 4.78. The van der Waals surface area contributed by atoms with Crippen LogP contribution < -0.4 is 5.32 Å². The molecule has 2 heterocycles. The molecule has 1 aromatic heterocycles. The third-order valence-corrected chi connectivity index (χ3v) is 4.30. The summed E-state index contributed by atoms with van der Waals surface area (Å²) in [4.78, 5) is 0. The van der Waals surface area contributed by atoms with E-state index >= 15 is 0 Å².